The van der Waals surface area contributed by atoms with Gasteiger partial charge in [0.25, 0.3) is 0 Å². The van der Waals surface area contributed by atoms with Crippen LogP contribution in [0.4, 0.5) is 0 Å². The van der Waals surface area contributed by atoms with E-state index in [9.17, 15) is 4.79 Å². The first-order valence-electron chi connectivity index (χ1n) is 5.97. The Morgan fingerprint density at radius 3 is 3.00 bits per heavy atom. The fourth-order valence-corrected chi connectivity index (χ4v) is 6.21. The van der Waals surface area contributed by atoms with Gasteiger partial charge in [-0.25, -0.2) is 0 Å². The predicted molar refractivity (Wildman–Crippen MR) is 70.1 cm³/mol. The minimum Gasteiger partial charge on any atom is -0.323 e. The molecule has 16 heavy (non-hydrogen) atoms. The third-order valence-electron chi connectivity index (χ3n) is 4.37. The molecule has 0 radical (unpaired) electrons. The highest BCUT2D eigenvalue weighted by Crippen LogP contribution is 2.59. The maximum absolute atomic E-state index is 10.6. The summed E-state index contributed by atoms with van der Waals surface area (Å²) in [6, 6.07) is 0. The van der Waals surface area contributed by atoms with Crippen molar-refractivity contribution in [2.75, 3.05) is 6.26 Å². The van der Waals surface area contributed by atoms with Crippen molar-refractivity contribution in [1.29, 1.82) is 0 Å². The smallest absolute Gasteiger partial charge is 0.211 e. The summed E-state index contributed by atoms with van der Waals surface area (Å²) >= 11 is 3.75. The molecule has 88 valence electrons. The van der Waals surface area contributed by atoms with Gasteiger partial charge in [0.2, 0.25) is 6.41 Å². The number of fused-ring (bicyclic) bond motifs is 5. The van der Waals surface area contributed by atoms with Crippen LogP contribution in [-0.2, 0) is 4.79 Å². The second-order valence-electron chi connectivity index (χ2n) is 5.00. The zero-order valence-electron chi connectivity index (χ0n) is 9.44. The van der Waals surface area contributed by atoms with Gasteiger partial charge < -0.3 is 5.32 Å². The number of carbonyl (C=O) groups excluding carboxylic acids is 1. The molecular formula is C12H17NOS2. The quantitative estimate of drug-likeness (QED) is 0.786. The number of thioether (sulfide) groups is 2. The van der Waals surface area contributed by atoms with Gasteiger partial charge >= 0.3 is 0 Å². The molecule has 1 N–H and O–H groups in total. The highest BCUT2D eigenvalue weighted by molar-refractivity contribution is 8.06. The van der Waals surface area contributed by atoms with Gasteiger partial charge in [0, 0.05) is 10.2 Å². The van der Waals surface area contributed by atoms with Gasteiger partial charge in [-0.05, 0) is 49.7 Å². The van der Waals surface area contributed by atoms with Crippen molar-refractivity contribution in [3.8, 4) is 0 Å². The molecular weight excluding hydrogens is 238 g/mol. The summed E-state index contributed by atoms with van der Waals surface area (Å²) in [4.78, 5) is 12.0. The molecule has 2 fully saturated rings. The molecule has 1 aliphatic heterocycles. The number of hydrogen-bond acceptors (Lipinski definition) is 3. The van der Waals surface area contributed by atoms with Crippen molar-refractivity contribution in [3.63, 3.8) is 0 Å². The zero-order chi connectivity index (χ0) is 11.1. The lowest BCUT2D eigenvalue weighted by Crippen LogP contribution is -2.30. The van der Waals surface area contributed by atoms with Crippen molar-refractivity contribution in [2.24, 2.45) is 17.8 Å². The van der Waals surface area contributed by atoms with Gasteiger partial charge in [0.1, 0.15) is 0 Å². The Kier molecular flexibility index (Phi) is 2.96. The first-order valence-corrected chi connectivity index (χ1v) is 8.08. The standard InChI is InChI=1S/C12H17NOS2/c1-15-10-5-9-7-2-3-8(4-7)11(9)16-12(10)13-6-14/h6-9,11H,2-5H2,1H3,(H,13,14)/t7-,8+,9+,11-/m0/s1. The maximum atomic E-state index is 10.6. The van der Waals surface area contributed by atoms with Gasteiger partial charge in [0.05, 0.1) is 5.03 Å². The summed E-state index contributed by atoms with van der Waals surface area (Å²) in [5, 5.41) is 4.82. The Balaban J connectivity index is 1.84. The van der Waals surface area contributed by atoms with Crippen LogP contribution in [0, 0.1) is 17.8 Å². The summed E-state index contributed by atoms with van der Waals surface area (Å²) in [5.41, 5.74) is 0. The Bertz CT molecular complexity index is 342. The first-order chi connectivity index (χ1) is 7.83. The Morgan fingerprint density at radius 1 is 1.44 bits per heavy atom. The Morgan fingerprint density at radius 2 is 2.25 bits per heavy atom. The van der Waals surface area contributed by atoms with Gasteiger partial charge in [-0.15, -0.1) is 23.5 Å². The predicted octanol–water partition coefficient (Wildman–Crippen LogP) is 2.82. The second-order valence-corrected chi connectivity index (χ2v) is 7.09. The second kappa shape index (κ2) is 4.30. The fourth-order valence-electron chi connectivity index (χ4n) is 3.68. The van der Waals surface area contributed by atoms with E-state index in [2.05, 4.69) is 11.6 Å². The van der Waals surface area contributed by atoms with Crippen LogP contribution in [0.25, 0.3) is 0 Å². The highest BCUT2D eigenvalue weighted by Gasteiger charge is 2.50. The molecule has 0 spiro atoms. The van der Waals surface area contributed by atoms with E-state index < -0.39 is 0 Å². The third-order valence-corrected chi connectivity index (χ3v) is 6.97. The van der Waals surface area contributed by atoms with Crippen LogP contribution >= 0.6 is 23.5 Å². The van der Waals surface area contributed by atoms with E-state index in [1.165, 1.54) is 30.6 Å². The highest BCUT2D eigenvalue weighted by atomic mass is 32.2. The van der Waals surface area contributed by atoms with Crippen LogP contribution < -0.4 is 5.32 Å². The fraction of sp³-hybridized carbons (Fsp3) is 0.750. The summed E-state index contributed by atoms with van der Waals surface area (Å²) in [7, 11) is 0. The van der Waals surface area contributed by atoms with Gasteiger partial charge in [0.15, 0.2) is 0 Å². The molecule has 4 heteroatoms. The molecule has 0 saturated heterocycles. The third kappa shape index (κ3) is 1.61. The summed E-state index contributed by atoms with van der Waals surface area (Å²) in [5.74, 6) is 2.79. The van der Waals surface area contributed by atoms with Crippen LogP contribution in [-0.4, -0.2) is 17.9 Å². The van der Waals surface area contributed by atoms with Gasteiger partial charge in [-0.3, -0.25) is 4.79 Å². The van der Waals surface area contributed by atoms with Crippen LogP contribution in [0.15, 0.2) is 9.93 Å². The van der Waals surface area contributed by atoms with E-state index in [1.807, 2.05) is 23.5 Å². The molecule has 2 aliphatic carbocycles. The summed E-state index contributed by atoms with van der Waals surface area (Å²) in [6.07, 6.45) is 8.46. The van der Waals surface area contributed by atoms with E-state index >= 15 is 0 Å². The maximum Gasteiger partial charge on any atom is 0.211 e. The van der Waals surface area contributed by atoms with E-state index in [0.29, 0.717) is 0 Å². The minimum atomic E-state index is 0.789. The molecule has 2 bridgehead atoms. The van der Waals surface area contributed by atoms with Crippen molar-refractivity contribution >= 4 is 29.9 Å². The molecule has 0 aromatic carbocycles. The Labute approximate surface area is 105 Å². The first kappa shape index (κ1) is 11.0. The van der Waals surface area contributed by atoms with Gasteiger partial charge in [-0.2, -0.15) is 0 Å². The van der Waals surface area contributed by atoms with Crippen LogP contribution in [0.2, 0.25) is 0 Å². The monoisotopic (exact) mass is 255 g/mol. The topological polar surface area (TPSA) is 29.1 Å². The van der Waals surface area contributed by atoms with Gasteiger partial charge in [-0.1, -0.05) is 0 Å². The van der Waals surface area contributed by atoms with E-state index in [-0.39, 0.29) is 0 Å². The largest absolute Gasteiger partial charge is 0.323 e. The number of carbonyl (C=O) groups is 1. The molecule has 1 heterocycles. The van der Waals surface area contributed by atoms with Crippen molar-refractivity contribution in [2.45, 2.75) is 30.9 Å². The van der Waals surface area contributed by atoms with Crippen molar-refractivity contribution in [1.82, 2.24) is 5.32 Å². The molecule has 0 aromatic rings. The lowest BCUT2D eigenvalue weighted by molar-refractivity contribution is -0.108. The SMILES string of the molecule is CSC1=C(NC=O)S[C@H]2[C@@H]3CC[C@@H](C3)[C@H]2C1. The van der Waals surface area contributed by atoms with Crippen LogP contribution in [0.1, 0.15) is 25.7 Å². The van der Waals surface area contributed by atoms with Crippen molar-refractivity contribution < 1.29 is 4.79 Å². The molecule has 0 unspecified atom stereocenters. The number of hydrogen-bond donors (Lipinski definition) is 1. The van der Waals surface area contributed by atoms with Crippen LogP contribution in [0.3, 0.4) is 0 Å². The average Bonchev–Trinajstić information content (AvgIpc) is 2.89. The Hall–Kier alpha value is -0.0900. The molecule has 4 atom stereocenters. The number of nitrogens with one attached hydrogen (secondary N) is 1. The van der Waals surface area contributed by atoms with Crippen LogP contribution in [0.5, 0.6) is 0 Å². The minimum absolute atomic E-state index is 0.789. The van der Waals surface area contributed by atoms with E-state index in [4.69, 9.17) is 0 Å². The molecule has 1 amide bonds. The lowest BCUT2D eigenvalue weighted by Gasteiger charge is -2.36. The van der Waals surface area contributed by atoms with Crippen molar-refractivity contribution in [3.05, 3.63) is 9.93 Å². The van der Waals surface area contributed by atoms with E-state index in [0.717, 1.165) is 34.4 Å². The molecule has 3 aliphatic rings. The molecule has 2 nitrogen and oxygen atoms in total. The van der Waals surface area contributed by atoms with E-state index in [1.54, 1.807) is 0 Å². The lowest BCUT2D eigenvalue weighted by atomic mass is 9.85. The summed E-state index contributed by atoms with van der Waals surface area (Å²) < 4.78 is 0. The zero-order valence-corrected chi connectivity index (χ0v) is 11.1. The summed E-state index contributed by atoms with van der Waals surface area (Å²) in [6.45, 7) is 0. The molecule has 3 rings (SSSR count). The number of allylic oxidation sites excluding steroid dienone is 1. The molecule has 0 aromatic heterocycles. The molecule has 2 saturated carbocycles. The number of rotatable bonds is 3. The average molecular weight is 255 g/mol. The normalized spacial score (nSPS) is 41.1. The number of amides is 1.